The Hall–Kier alpha value is -2.20. The number of methoxy groups -OCH3 is 1. The highest BCUT2D eigenvalue weighted by molar-refractivity contribution is 6.35. The first-order valence-electron chi connectivity index (χ1n) is 6.10. The van der Waals surface area contributed by atoms with Crippen molar-refractivity contribution in [2.75, 3.05) is 7.11 Å². The Bertz CT molecular complexity index is 796. The van der Waals surface area contributed by atoms with Crippen LogP contribution in [0.25, 0.3) is 22.4 Å². The molecular formula is C15H13ClN2O2. The summed E-state index contributed by atoms with van der Waals surface area (Å²) >= 11 is 6.21. The smallest absolute Gasteiger partial charge is 0.160 e. The van der Waals surface area contributed by atoms with E-state index < -0.39 is 0 Å². The topological polar surface area (TPSA) is 47.3 Å². The Balaban J connectivity index is 2.22. The number of aryl methyl sites for hydroxylation is 1. The van der Waals surface area contributed by atoms with E-state index in [9.17, 15) is 5.11 Å². The maximum absolute atomic E-state index is 9.88. The highest BCUT2D eigenvalue weighted by atomic mass is 35.5. The molecule has 0 spiro atoms. The Kier molecular flexibility index (Phi) is 3.03. The van der Waals surface area contributed by atoms with Crippen molar-refractivity contribution in [3.8, 4) is 22.9 Å². The number of hydrogen-bond donors (Lipinski definition) is 1. The third-order valence-corrected chi connectivity index (χ3v) is 3.59. The van der Waals surface area contributed by atoms with Gasteiger partial charge in [0.05, 0.1) is 23.2 Å². The first-order chi connectivity index (χ1) is 9.61. The molecule has 5 heteroatoms. The zero-order valence-electron chi connectivity index (χ0n) is 11.1. The summed E-state index contributed by atoms with van der Waals surface area (Å²) in [6, 6.07) is 10.8. The first-order valence-corrected chi connectivity index (χ1v) is 6.48. The van der Waals surface area contributed by atoms with E-state index in [1.165, 1.54) is 7.11 Å². The third kappa shape index (κ3) is 1.89. The Morgan fingerprint density at radius 2 is 2.05 bits per heavy atom. The number of rotatable bonds is 2. The number of halogens is 1. The lowest BCUT2D eigenvalue weighted by molar-refractivity contribution is 0.373. The predicted molar refractivity (Wildman–Crippen MR) is 79.4 cm³/mol. The zero-order chi connectivity index (χ0) is 14.3. The Morgan fingerprint density at radius 1 is 1.25 bits per heavy atom. The molecule has 2 aromatic carbocycles. The molecule has 0 radical (unpaired) electrons. The lowest BCUT2D eigenvalue weighted by atomic mass is 10.2. The summed E-state index contributed by atoms with van der Waals surface area (Å²) < 4.78 is 6.96. The van der Waals surface area contributed by atoms with E-state index >= 15 is 0 Å². The van der Waals surface area contributed by atoms with Crippen LogP contribution < -0.4 is 4.74 Å². The van der Waals surface area contributed by atoms with Crippen LogP contribution in [0.2, 0.25) is 5.02 Å². The standard InChI is InChI=1S/C15H13ClN2O2/c1-18-14-10(16)4-3-5-11(14)17-15(18)9-6-7-13(20-2)12(19)8-9/h3-8,19H,1-2H3. The second-order valence-corrected chi connectivity index (χ2v) is 4.90. The van der Waals surface area contributed by atoms with Gasteiger partial charge in [-0.2, -0.15) is 0 Å². The number of fused-ring (bicyclic) bond motifs is 1. The van der Waals surface area contributed by atoms with Gasteiger partial charge in [0, 0.05) is 12.6 Å². The van der Waals surface area contributed by atoms with Crippen LogP contribution in [0.5, 0.6) is 11.5 Å². The van der Waals surface area contributed by atoms with Gasteiger partial charge in [0.15, 0.2) is 11.5 Å². The van der Waals surface area contributed by atoms with E-state index in [4.69, 9.17) is 16.3 Å². The molecule has 3 aromatic rings. The first kappa shape index (κ1) is 12.8. The van der Waals surface area contributed by atoms with Crippen molar-refractivity contribution in [1.82, 2.24) is 9.55 Å². The normalized spacial score (nSPS) is 10.9. The van der Waals surface area contributed by atoms with Gasteiger partial charge >= 0.3 is 0 Å². The summed E-state index contributed by atoms with van der Waals surface area (Å²) in [4.78, 5) is 4.57. The largest absolute Gasteiger partial charge is 0.504 e. The number of para-hydroxylation sites is 1. The van der Waals surface area contributed by atoms with E-state index in [1.54, 1.807) is 12.1 Å². The van der Waals surface area contributed by atoms with Crippen LogP contribution in [0, 0.1) is 0 Å². The van der Waals surface area contributed by atoms with Crippen molar-refractivity contribution in [3.63, 3.8) is 0 Å². The fourth-order valence-corrected chi connectivity index (χ4v) is 2.60. The molecule has 0 saturated heterocycles. The number of ether oxygens (including phenoxy) is 1. The number of aromatic nitrogens is 2. The maximum Gasteiger partial charge on any atom is 0.160 e. The molecular weight excluding hydrogens is 276 g/mol. The third-order valence-electron chi connectivity index (χ3n) is 3.28. The van der Waals surface area contributed by atoms with Crippen LogP contribution >= 0.6 is 11.6 Å². The highest BCUT2D eigenvalue weighted by Gasteiger charge is 2.13. The summed E-state index contributed by atoms with van der Waals surface area (Å²) in [7, 11) is 3.42. The number of nitrogens with zero attached hydrogens (tertiary/aromatic N) is 2. The summed E-state index contributed by atoms with van der Waals surface area (Å²) in [5.41, 5.74) is 2.50. The monoisotopic (exact) mass is 288 g/mol. The lowest BCUT2D eigenvalue weighted by Gasteiger charge is -2.06. The van der Waals surface area contributed by atoms with Crippen molar-refractivity contribution in [2.24, 2.45) is 7.05 Å². The Labute approximate surface area is 121 Å². The average Bonchev–Trinajstić information content (AvgIpc) is 2.77. The molecule has 1 N–H and O–H groups in total. The number of phenols is 1. The molecule has 0 unspecified atom stereocenters. The van der Waals surface area contributed by atoms with Gasteiger partial charge in [0.1, 0.15) is 5.82 Å². The van der Waals surface area contributed by atoms with Crippen LogP contribution in [0.4, 0.5) is 0 Å². The van der Waals surface area contributed by atoms with Gasteiger partial charge in [-0.05, 0) is 30.3 Å². The Morgan fingerprint density at radius 3 is 2.70 bits per heavy atom. The van der Waals surface area contributed by atoms with Crippen LogP contribution in [0.15, 0.2) is 36.4 Å². The summed E-state index contributed by atoms with van der Waals surface area (Å²) in [6.45, 7) is 0. The molecule has 0 aliphatic heterocycles. The predicted octanol–water partition coefficient (Wildman–Crippen LogP) is 3.61. The number of aromatic hydroxyl groups is 1. The van der Waals surface area contributed by atoms with Crippen molar-refractivity contribution >= 4 is 22.6 Å². The maximum atomic E-state index is 9.88. The molecule has 0 aliphatic rings. The molecule has 0 amide bonds. The van der Waals surface area contributed by atoms with Crippen LogP contribution in [0.1, 0.15) is 0 Å². The molecule has 1 heterocycles. The number of imidazole rings is 1. The van der Waals surface area contributed by atoms with Gasteiger partial charge in [-0.3, -0.25) is 0 Å². The molecule has 0 atom stereocenters. The van der Waals surface area contributed by atoms with Crippen LogP contribution in [-0.2, 0) is 7.05 Å². The molecule has 0 saturated carbocycles. The van der Waals surface area contributed by atoms with Gasteiger partial charge in [0.2, 0.25) is 0 Å². The van der Waals surface area contributed by atoms with Gasteiger partial charge in [-0.1, -0.05) is 17.7 Å². The van der Waals surface area contributed by atoms with Gasteiger partial charge in [-0.15, -0.1) is 0 Å². The van der Waals surface area contributed by atoms with Gasteiger partial charge in [0.25, 0.3) is 0 Å². The van der Waals surface area contributed by atoms with Crippen LogP contribution in [-0.4, -0.2) is 21.8 Å². The SMILES string of the molecule is COc1ccc(-c2nc3cccc(Cl)c3n2C)cc1O. The fraction of sp³-hybridized carbons (Fsp3) is 0.133. The number of hydrogen-bond acceptors (Lipinski definition) is 3. The second-order valence-electron chi connectivity index (χ2n) is 4.49. The molecule has 102 valence electrons. The highest BCUT2D eigenvalue weighted by Crippen LogP contribution is 2.33. The molecule has 20 heavy (non-hydrogen) atoms. The number of benzene rings is 2. The van der Waals surface area contributed by atoms with Crippen molar-refractivity contribution in [2.45, 2.75) is 0 Å². The van der Waals surface area contributed by atoms with E-state index in [0.29, 0.717) is 10.8 Å². The fourth-order valence-electron chi connectivity index (χ4n) is 2.31. The lowest BCUT2D eigenvalue weighted by Crippen LogP contribution is -1.93. The minimum Gasteiger partial charge on any atom is -0.504 e. The summed E-state index contributed by atoms with van der Waals surface area (Å²) in [5, 5.41) is 10.5. The minimum atomic E-state index is 0.0863. The van der Waals surface area contributed by atoms with Crippen molar-refractivity contribution < 1.29 is 9.84 Å². The van der Waals surface area contributed by atoms with Crippen molar-refractivity contribution in [3.05, 3.63) is 41.4 Å². The van der Waals surface area contributed by atoms with E-state index in [2.05, 4.69) is 4.98 Å². The second kappa shape index (κ2) is 4.72. The molecule has 0 bridgehead atoms. The molecule has 3 rings (SSSR count). The molecule has 1 aromatic heterocycles. The number of phenolic OH excluding ortho intramolecular Hbond substituents is 1. The molecule has 4 nitrogen and oxygen atoms in total. The summed E-state index contributed by atoms with van der Waals surface area (Å²) in [6.07, 6.45) is 0. The van der Waals surface area contributed by atoms with Crippen LogP contribution in [0.3, 0.4) is 0 Å². The van der Waals surface area contributed by atoms with Gasteiger partial charge in [-0.25, -0.2) is 4.98 Å². The molecule has 0 fully saturated rings. The average molecular weight is 289 g/mol. The van der Waals surface area contributed by atoms with Gasteiger partial charge < -0.3 is 14.4 Å². The van der Waals surface area contributed by atoms with E-state index in [0.717, 1.165) is 22.4 Å². The van der Waals surface area contributed by atoms with E-state index in [1.807, 2.05) is 35.9 Å². The zero-order valence-corrected chi connectivity index (χ0v) is 11.8. The summed E-state index contributed by atoms with van der Waals surface area (Å²) in [5.74, 6) is 1.26. The van der Waals surface area contributed by atoms with Crippen molar-refractivity contribution in [1.29, 1.82) is 0 Å². The minimum absolute atomic E-state index is 0.0863. The van der Waals surface area contributed by atoms with E-state index in [-0.39, 0.29) is 5.75 Å². The molecule has 0 aliphatic carbocycles. The quantitative estimate of drug-likeness (QED) is 0.783.